The van der Waals surface area contributed by atoms with E-state index in [2.05, 4.69) is 4.98 Å². The van der Waals surface area contributed by atoms with E-state index in [4.69, 9.17) is 0 Å². The number of amides is 1. The Balaban J connectivity index is 1.93. The van der Waals surface area contributed by atoms with Crippen molar-refractivity contribution in [3.63, 3.8) is 0 Å². The number of nitrogens with zero attached hydrogens (tertiary/aromatic N) is 1. The summed E-state index contributed by atoms with van der Waals surface area (Å²) < 4.78 is 24.2. The number of hydrogen-bond acceptors (Lipinski definition) is 3. The van der Waals surface area contributed by atoms with Gasteiger partial charge in [0.15, 0.2) is 9.84 Å². The second kappa shape index (κ2) is 6.00. The van der Waals surface area contributed by atoms with Gasteiger partial charge in [-0.2, -0.15) is 0 Å². The first-order chi connectivity index (χ1) is 10.9. The second-order valence-electron chi connectivity index (χ2n) is 6.38. The molecule has 2 atom stereocenters. The molecule has 0 unspecified atom stereocenters. The summed E-state index contributed by atoms with van der Waals surface area (Å²) in [6.45, 7) is 0. The Labute approximate surface area is 136 Å². The fourth-order valence-corrected chi connectivity index (χ4v) is 5.11. The fraction of sp³-hybridized carbons (Fsp3) is 0.471. The van der Waals surface area contributed by atoms with Crippen LogP contribution in [0.3, 0.4) is 0 Å². The van der Waals surface area contributed by atoms with Gasteiger partial charge in [-0.15, -0.1) is 0 Å². The largest absolute Gasteiger partial charge is 0.361 e. The van der Waals surface area contributed by atoms with Crippen molar-refractivity contribution in [1.82, 2.24) is 9.88 Å². The van der Waals surface area contributed by atoms with E-state index in [1.807, 2.05) is 18.2 Å². The SMILES string of the molecule is CN(C(=O)c1cccc2cc[nH]c12)[C@@H]1CCCC[C@@H]1S(C)(=O)=O. The molecule has 1 aliphatic carbocycles. The van der Waals surface area contributed by atoms with Gasteiger partial charge < -0.3 is 9.88 Å². The number of carbonyl (C=O) groups excluding carboxylic acids is 1. The maximum atomic E-state index is 12.9. The number of nitrogens with one attached hydrogen (secondary N) is 1. The molecule has 1 aromatic heterocycles. The zero-order valence-corrected chi connectivity index (χ0v) is 14.3. The van der Waals surface area contributed by atoms with Crippen LogP contribution in [0.5, 0.6) is 0 Å². The van der Waals surface area contributed by atoms with Gasteiger partial charge in [0, 0.05) is 30.9 Å². The van der Waals surface area contributed by atoms with Crippen LogP contribution >= 0.6 is 0 Å². The van der Waals surface area contributed by atoms with E-state index in [1.54, 1.807) is 24.2 Å². The summed E-state index contributed by atoms with van der Waals surface area (Å²) >= 11 is 0. The molecule has 2 aromatic rings. The van der Waals surface area contributed by atoms with Crippen LogP contribution in [0.4, 0.5) is 0 Å². The van der Waals surface area contributed by atoms with Crippen LogP contribution in [0.25, 0.3) is 10.9 Å². The normalized spacial score (nSPS) is 22.2. The van der Waals surface area contributed by atoms with Gasteiger partial charge in [-0.05, 0) is 25.0 Å². The van der Waals surface area contributed by atoms with E-state index >= 15 is 0 Å². The molecule has 6 heteroatoms. The number of aromatic amines is 1. The third kappa shape index (κ3) is 3.00. The topological polar surface area (TPSA) is 70.2 Å². The van der Waals surface area contributed by atoms with Crippen molar-refractivity contribution in [2.75, 3.05) is 13.3 Å². The number of rotatable bonds is 3. The lowest BCUT2D eigenvalue weighted by Gasteiger charge is -2.37. The second-order valence-corrected chi connectivity index (χ2v) is 8.65. The van der Waals surface area contributed by atoms with E-state index in [-0.39, 0.29) is 11.9 Å². The summed E-state index contributed by atoms with van der Waals surface area (Å²) in [7, 11) is -1.45. The van der Waals surface area contributed by atoms with Crippen LogP contribution in [0.1, 0.15) is 36.0 Å². The summed E-state index contributed by atoms with van der Waals surface area (Å²) in [4.78, 5) is 17.7. The molecule has 1 aliphatic rings. The minimum absolute atomic E-state index is 0.126. The number of sulfone groups is 1. The summed E-state index contributed by atoms with van der Waals surface area (Å²) in [6, 6.07) is 7.26. The predicted molar refractivity (Wildman–Crippen MR) is 91.3 cm³/mol. The molecule has 0 aliphatic heterocycles. The Morgan fingerprint density at radius 2 is 1.96 bits per heavy atom. The summed E-state index contributed by atoms with van der Waals surface area (Å²) in [5.74, 6) is -0.126. The number of benzene rings is 1. The molecular formula is C17H22N2O3S. The third-order valence-electron chi connectivity index (χ3n) is 4.85. The average molecular weight is 334 g/mol. The zero-order chi connectivity index (χ0) is 16.6. The lowest BCUT2D eigenvalue weighted by atomic mass is 9.93. The summed E-state index contributed by atoms with van der Waals surface area (Å²) in [5, 5.41) is 0.514. The first-order valence-electron chi connectivity index (χ1n) is 7.91. The number of H-pyrrole nitrogens is 1. The molecule has 3 rings (SSSR count). The van der Waals surface area contributed by atoms with Crippen molar-refractivity contribution in [2.45, 2.75) is 37.0 Å². The highest BCUT2D eigenvalue weighted by molar-refractivity contribution is 7.91. The summed E-state index contributed by atoms with van der Waals surface area (Å²) in [6.07, 6.45) is 6.32. The molecule has 0 spiro atoms. The first kappa shape index (κ1) is 16.1. The van der Waals surface area contributed by atoms with Crippen molar-refractivity contribution >= 4 is 26.6 Å². The maximum Gasteiger partial charge on any atom is 0.256 e. The summed E-state index contributed by atoms with van der Waals surface area (Å²) in [5.41, 5.74) is 1.39. The van der Waals surface area contributed by atoms with Crippen LogP contribution in [0.2, 0.25) is 0 Å². The lowest BCUT2D eigenvalue weighted by molar-refractivity contribution is 0.0702. The van der Waals surface area contributed by atoms with Crippen molar-refractivity contribution in [2.24, 2.45) is 0 Å². The standard InChI is InChI=1S/C17H22N2O3S/c1-19(14-8-3-4-9-15(14)23(2,21)22)17(20)13-7-5-6-12-10-11-18-16(12)13/h5-7,10-11,14-15,18H,3-4,8-9H2,1-2H3/t14-,15+/m1/s1. The minimum atomic E-state index is -3.17. The minimum Gasteiger partial charge on any atom is -0.361 e. The molecule has 0 radical (unpaired) electrons. The molecule has 1 saturated carbocycles. The molecule has 0 saturated heterocycles. The Hall–Kier alpha value is -1.82. The van der Waals surface area contributed by atoms with Crippen LogP contribution in [0, 0.1) is 0 Å². The van der Waals surface area contributed by atoms with Crippen LogP contribution in [0.15, 0.2) is 30.5 Å². The van der Waals surface area contributed by atoms with Crippen molar-refractivity contribution in [3.8, 4) is 0 Å². The lowest BCUT2D eigenvalue weighted by Crippen LogP contribution is -2.49. The van der Waals surface area contributed by atoms with Crippen molar-refractivity contribution in [3.05, 3.63) is 36.0 Å². The Bertz CT molecular complexity index is 825. The average Bonchev–Trinajstić information content (AvgIpc) is 3.01. The quantitative estimate of drug-likeness (QED) is 0.938. The van der Waals surface area contributed by atoms with Gasteiger partial charge in [0.2, 0.25) is 0 Å². The van der Waals surface area contributed by atoms with Crippen molar-refractivity contribution in [1.29, 1.82) is 0 Å². The molecule has 1 aromatic carbocycles. The highest BCUT2D eigenvalue weighted by Crippen LogP contribution is 2.29. The van der Waals surface area contributed by atoms with Gasteiger partial charge in [0.05, 0.1) is 16.3 Å². The van der Waals surface area contributed by atoms with Gasteiger partial charge in [-0.1, -0.05) is 25.0 Å². The van der Waals surface area contributed by atoms with Gasteiger partial charge in [-0.25, -0.2) is 8.42 Å². The Morgan fingerprint density at radius 3 is 2.70 bits per heavy atom. The molecule has 5 nitrogen and oxygen atoms in total. The number of para-hydroxylation sites is 1. The van der Waals surface area contributed by atoms with Gasteiger partial charge in [0.25, 0.3) is 5.91 Å². The highest BCUT2D eigenvalue weighted by atomic mass is 32.2. The molecule has 1 amide bonds. The van der Waals surface area contributed by atoms with E-state index in [1.165, 1.54) is 6.26 Å². The molecule has 1 heterocycles. The molecular weight excluding hydrogens is 312 g/mol. The van der Waals surface area contributed by atoms with E-state index in [9.17, 15) is 13.2 Å². The third-order valence-corrected chi connectivity index (χ3v) is 6.50. The number of hydrogen-bond donors (Lipinski definition) is 1. The molecule has 0 bridgehead atoms. The molecule has 23 heavy (non-hydrogen) atoms. The van der Waals surface area contributed by atoms with Gasteiger partial charge >= 0.3 is 0 Å². The molecule has 1 N–H and O–H groups in total. The maximum absolute atomic E-state index is 12.9. The first-order valence-corrected chi connectivity index (χ1v) is 9.87. The zero-order valence-electron chi connectivity index (χ0n) is 13.5. The Kier molecular flexibility index (Phi) is 4.19. The van der Waals surface area contributed by atoms with Crippen LogP contribution < -0.4 is 0 Å². The van der Waals surface area contributed by atoms with Gasteiger partial charge in [0.1, 0.15) is 0 Å². The molecule has 1 fully saturated rings. The van der Waals surface area contributed by atoms with Crippen LogP contribution in [-0.4, -0.2) is 48.8 Å². The smallest absolute Gasteiger partial charge is 0.256 e. The predicted octanol–water partition coefficient (Wildman–Crippen LogP) is 2.60. The number of aromatic nitrogens is 1. The number of carbonyl (C=O) groups is 1. The van der Waals surface area contributed by atoms with E-state index < -0.39 is 15.1 Å². The van der Waals surface area contributed by atoms with E-state index in [0.29, 0.717) is 12.0 Å². The van der Waals surface area contributed by atoms with Gasteiger partial charge in [-0.3, -0.25) is 4.79 Å². The Morgan fingerprint density at radius 1 is 1.22 bits per heavy atom. The van der Waals surface area contributed by atoms with E-state index in [0.717, 1.165) is 30.2 Å². The van der Waals surface area contributed by atoms with Crippen LogP contribution in [-0.2, 0) is 9.84 Å². The fourth-order valence-electron chi connectivity index (χ4n) is 3.62. The van der Waals surface area contributed by atoms with Crippen molar-refractivity contribution < 1.29 is 13.2 Å². The highest BCUT2D eigenvalue weighted by Gasteiger charge is 2.37. The monoisotopic (exact) mass is 334 g/mol. The number of fused-ring (bicyclic) bond motifs is 1. The molecule has 124 valence electrons.